The van der Waals surface area contributed by atoms with Crippen molar-refractivity contribution in [3.8, 4) is 0 Å². The van der Waals surface area contributed by atoms with Crippen LogP contribution in [0.5, 0.6) is 0 Å². The van der Waals surface area contributed by atoms with Gasteiger partial charge in [-0.3, -0.25) is 22.7 Å². The summed E-state index contributed by atoms with van der Waals surface area (Å²) in [6.45, 7) is -1.46. The fourth-order valence-corrected chi connectivity index (χ4v) is 7.25. The number of phosphoric acid groups is 2. The van der Waals surface area contributed by atoms with Crippen LogP contribution in [-0.4, -0.2) is 98.9 Å². The van der Waals surface area contributed by atoms with E-state index in [0.29, 0.717) is 11.0 Å². The average molecular weight is 641 g/mol. The number of fused-ring (bicyclic) bond motifs is 5. The van der Waals surface area contributed by atoms with Crippen molar-refractivity contribution in [1.29, 1.82) is 0 Å². The SMILES string of the molecule is Nc1ncnc2c1ncn2C1OC2COP(=O)(O)OC3C(O)C(COP(=O)(O)OC2C1O)OC3n1cnc2ccccc21. The fourth-order valence-electron chi connectivity index (χ4n) is 5.35. The van der Waals surface area contributed by atoms with E-state index < -0.39 is 77.9 Å². The lowest BCUT2D eigenvalue weighted by atomic mass is 10.1. The highest BCUT2D eigenvalue weighted by molar-refractivity contribution is 7.47. The summed E-state index contributed by atoms with van der Waals surface area (Å²) in [6, 6.07) is 6.94. The Kier molecular flexibility index (Phi) is 7.13. The molecule has 21 heteroatoms. The molecule has 0 spiro atoms. The largest absolute Gasteiger partial charge is 0.472 e. The van der Waals surface area contributed by atoms with Gasteiger partial charge >= 0.3 is 15.6 Å². The predicted molar refractivity (Wildman–Crippen MR) is 141 cm³/mol. The van der Waals surface area contributed by atoms with E-state index in [9.17, 15) is 29.1 Å². The minimum atomic E-state index is -4.98. The zero-order valence-electron chi connectivity index (χ0n) is 21.8. The van der Waals surface area contributed by atoms with Crippen LogP contribution in [0.3, 0.4) is 0 Å². The highest BCUT2D eigenvalue weighted by atomic mass is 31.2. The summed E-state index contributed by atoms with van der Waals surface area (Å²) in [4.78, 5) is 37.6. The van der Waals surface area contributed by atoms with Gasteiger partial charge in [-0.05, 0) is 12.1 Å². The molecule has 3 aliphatic heterocycles. The molecule has 43 heavy (non-hydrogen) atoms. The van der Waals surface area contributed by atoms with Crippen molar-refractivity contribution in [3.05, 3.63) is 43.2 Å². The number of imidazole rings is 2. The molecule has 3 saturated heterocycles. The van der Waals surface area contributed by atoms with Crippen molar-refractivity contribution in [2.24, 2.45) is 0 Å². The number of nitrogens with two attached hydrogens (primary N) is 1. The van der Waals surface area contributed by atoms with Crippen molar-refractivity contribution < 1.29 is 56.7 Å². The first-order valence-electron chi connectivity index (χ1n) is 12.8. The van der Waals surface area contributed by atoms with Gasteiger partial charge in [0.1, 0.15) is 48.5 Å². The van der Waals surface area contributed by atoms with Gasteiger partial charge in [0.2, 0.25) is 0 Å². The van der Waals surface area contributed by atoms with Gasteiger partial charge in [0.25, 0.3) is 0 Å². The molecule has 6 N–H and O–H groups in total. The van der Waals surface area contributed by atoms with Crippen LogP contribution in [0.15, 0.2) is 43.2 Å². The van der Waals surface area contributed by atoms with Gasteiger partial charge in [-0.15, -0.1) is 0 Å². The molecular weight excluding hydrogens is 616 g/mol. The Morgan fingerprint density at radius 3 is 2.28 bits per heavy atom. The second kappa shape index (κ2) is 10.6. The number of rotatable bonds is 2. The normalized spacial score (nSPS) is 38.9. The fraction of sp³-hybridized carbons (Fsp3) is 0.455. The summed E-state index contributed by atoms with van der Waals surface area (Å²) in [5.41, 5.74) is 7.35. The van der Waals surface area contributed by atoms with Crippen LogP contribution >= 0.6 is 15.6 Å². The second-order valence-electron chi connectivity index (χ2n) is 10.0. The molecule has 10 atom stereocenters. The molecule has 2 bridgehead atoms. The van der Waals surface area contributed by atoms with E-state index in [-0.39, 0.29) is 17.0 Å². The zero-order chi connectivity index (χ0) is 30.1. The number of nitrogens with zero attached hydrogens (tertiary/aromatic N) is 6. The number of benzene rings is 1. The van der Waals surface area contributed by atoms with Gasteiger partial charge in [-0.2, -0.15) is 0 Å². The van der Waals surface area contributed by atoms with Crippen LogP contribution in [0.2, 0.25) is 0 Å². The Hall–Kier alpha value is -2.90. The Morgan fingerprint density at radius 1 is 0.814 bits per heavy atom. The van der Waals surface area contributed by atoms with Gasteiger partial charge < -0.3 is 39.8 Å². The number of ether oxygens (including phenoxy) is 2. The summed E-state index contributed by atoms with van der Waals surface area (Å²) in [7, 11) is -9.96. The van der Waals surface area contributed by atoms with Crippen molar-refractivity contribution >= 4 is 43.7 Å². The molecule has 1 aromatic carbocycles. The number of phosphoric ester groups is 2. The Morgan fingerprint density at radius 2 is 1.49 bits per heavy atom. The number of para-hydroxylation sites is 2. The molecule has 10 unspecified atom stereocenters. The maximum absolute atomic E-state index is 13.2. The van der Waals surface area contributed by atoms with Gasteiger partial charge in [0, 0.05) is 0 Å². The third-order valence-electron chi connectivity index (χ3n) is 7.35. The first kappa shape index (κ1) is 28.8. The van der Waals surface area contributed by atoms with Gasteiger partial charge in [-0.1, -0.05) is 12.1 Å². The first-order chi connectivity index (χ1) is 20.5. The number of aromatic nitrogens is 6. The van der Waals surface area contributed by atoms with E-state index in [2.05, 4.69) is 19.9 Å². The molecule has 3 fully saturated rings. The number of nitrogen functional groups attached to an aromatic ring is 1. The standard InChI is InChI=1S/C22H25N7O12P2/c23-19-14-20(25-7-24-19)29(9-27-14)21-16(31)17-13(39-21)6-37-43(34,35)41-18-15(30)12(5-36-42(32,33)40-17)38-22(18)28-8-26-10-3-1-2-4-11(10)28/h1-4,7-9,12-13,15-18,21-22,30-31H,5-6H2,(H,32,33)(H,34,35)(H2,23,24,25). The highest BCUT2D eigenvalue weighted by Crippen LogP contribution is 2.53. The van der Waals surface area contributed by atoms with E-state index in [1.54, 1.807) is 24.3 Å². The molecule has 3 aromatic heterocycles. The van der Waals surface area contributed by atoms with Crippen molar-refractivity contribution in [3.63, 3.8) is 0 Å². The van der Waals surface area contributed by atoms with Crippen LogP contribution in [0, 0.1) is 0 Å². The minimum absolute atomic E-state index is 0.0611. The van der Waals surface area contributed by atoms with E-state index in [1.165, 1.54) is 28.1 Å². The minimum Gasteiger partial charge on any atom is -0.387 e. The van der Waals surface area contributed by atoms with E-state index >= 15 is 0 Å². The molecule has 0 saturated carbocycles. The number of aliphatic hydroxyl groups excluding tert-OH is 2. The Balaban J connectivity index is 1.20. The smallest absolute Gasteiger partial charge is 0.387 e. The topological polar surface area (TPSA) is 258 Å². The van der Waals surface area contributed by atoms with Gasteiger partial charge in [0.15, 0.2) is 23.9 Å². The Bertz CT molecular complexity index is 1770. The van der Waals surface area contributed by atoms with Crippen molar-refractivity contribution in [2.45, 2.75) is 49.1 Å². The molecule has 6 heterocycles. The van der Waals surface area contributed by atoms with E-state index in [4.69, 9.17) is 33.3 Å². The van der Waals surface area contributed by atoms with E-state index in [1.807, 2.05) is 0 Å². The lowest BCUT2D eigenvalue weighted by molar-refractivity contribution is -0.0671. The summed E-state index contributed by atoms with van der Waals surface area (Å²) in [5.74, 6) is 0.0611. The zero-order valence-corrected chi connectivity index (χ0v) is 23.6. The highest BCUT2D eigenvalue weighted by Gasteiger charge is 2.53. The average Bonchev–Trinajstić information content (AvgIpc) is 3.72. The number of aliphatic hydroxyl groups is 2. The molecule has 19 nitrogen and oxygen atoms in total. The van der Waals surface area contributed by atoms with Crippen LogP contribution in [0.25, 0.3) is 22.2 Å². The van der Waals surface area contributed by atoms with Crippen molar-refractivity contribution in [2.75, 3.05) is 18.9 Å². The first-order valence-corrected chi connectivity index (χ1v) is 15.8. The lowest BCUT2D eigenvalue weighted by Gasteiger charge is -2.26. The maximum Gasteiger partial charge on any atom is 0.472 e. The number of anilines is 1. The molecule has 0 radical (unpaired) electrons. The van der Waals surface area contributed by atoms with Crippen LogP contribution < -0.4 is 5.73 Å². The molecule has 7 rings (SSSR count). The lowest BCUT2D eigenvalue weighted by Crippen LogP contribution is -2.36. The molecule has 230 valence electrons. The van der Waals surface area contributed by atoms with Crippen LogP contribution in [0.1, 0.15) is 12.5 Å². The quantitative estimate of drug-likeness (QED) is 0.180. The number of hydrogen-bond acceptors (Lipinski definition) is 15. The summed E-state index contributed by atoms with van der Waals surface area (Å²) in [5, 5.41) is 22.1. The van der Waals surface area contributed by atoms with Crippen LogP contribution in [-0.2, 0) is 36.7 Å². The number of hydrogen-bond donors (Lipinski definition) is 5. The van der Waals surface area contributed by atoms with Gasteiger partial charge in [0.05, 0.1) is 36.9 Å². The molecule has 3 aliphatic rings. The third-order valence-corrected chi connectivity index (χ3v) is 9.32. The molecule has 4 aromatic rings. The predicted octanol–water partition coefficient (Wildman–Crippen LogP) is -0.00700. The summed E-state index contributed by atoms with van der Waals surface area (Å²) in [6.07, 6.45) is -7.85. The molecular formula is C22H25N7O12P2. The van der Waals surface area contributed by atoms with Gasteiger partial charge in [-0.25, -0.2) is 29.1 Å². The second-order valence-corrected chi connectivity index (χ2v) is 12.8. The molecule has 0 amide bonds. The summed E-state index contributed by atoms with van der Waals surface area (Å²) >= 11 is 0. The third kappa shape index (κ3) is 5.16. The monoisotopic (exact) mass is 641 g/mol. The van der Waals surface area contributed by atoms with Crippen LogP contribution in [0.4, 0.5) is 5.82 Å². The molecule has 0 aliphatic carbocycles. The summed E-state index contributed by atoms with van der Waals surface area (Å²) < 4.78 is 61.8. The van der Waals surface area contributed by atoms with Crippen molar-refractivity contribution in [1.82, 2.24) is 29.1 Å². The maximum atomic E-state index is 13.2. The Labute approximate surface area is 240 Å². The van der Waals surface area contributed by atoms with E-state index in [0.717, 1.165) is 0 Å².